The first-order chi connectivity index (χ1) is 13.9. The molecule has 1 heterocycles. The molecule has 3 rings (SSSR count). The van der Waals surface area contributed by atoms with Crippen LogP contribution in [0.1, 0.15) is 45.6 Å². The van der Waals surface area contributed by atoms with Gasteiger partial charge in [0.2, 0.25) is 0 Å². The van der Waals surface area contributed by atoms with Gasteiger partial charge >= 0.3 is 0 Å². The molecule has 0 unspecified atom stereocenters. The number of ether oxygens (including phenoxy) is 1. The third-order valence-electron chi connectivity index (χ3n) is 5.69. The van der Waals surface area contributed by atoms with Crippen molar-refractivity contribution in [2.45, 2.75) is 52.2 Å². The zero-order valence-corrected chi connectivity index (χ0v) is 18.2. The van der Waals surface area contributed by atoms with E-state index in [1.807, 2.05) is 18.2 Å². The third-order valence-corrected chi connectivity index (χ3v) is 5.69. The number of nitrogens with two attached hydrogens (primary N) is 2. The average molecular weight is 399 g/mol. The maximum Gasteiger partial charge on any atom is 0.0782 e. The number of hydrogen-bond donors (Lipinski definition) is 3. The number of aliphatic hydroxyl groups is 1. The Morgan fingerprint density at radius 3 is 2.10 bits per heavy atom. The fraction of sp³-hybridized carbons (Fsp3) is 0.520. The normalized spacial score (nSPS) is 23.7. The van der Waals surface area contributed by atoms with E-state index in [0.717, 1.165) is 25.9 Å². The lowest BCUT2D eigenvalue weighted by Gasteiger charge is -2.30. The van der Waals surface area contributed by atoms with E-state index in [4.69, 9.17) is 21.3 Å². The Bertz CT molecular complexity index is 717. The number of aliphatic hydroxyl groups excluding tert-OH is 1. The maximum absolute atomic E-state index is 9.16. The van der Waals surface area contributed by atoms with Crippen LogP contribution < -0.4 is 11.5 Å². The molecule has 2 atom stereocenters. The zero-order valence-electron chi connectivity index (χ0n) is 18.2. The maximum atomic E-state index is 9.16. The minimum Gasteiger partial charge on any atom is -0.396 e. The monoisotopic (exact) mass is 398 g/mol. The van der Waals surface area contributed by atoms with Gasteiger partial charge in [0.1, 0.15) is 0 Å². The van der Waals surface area contributed by atoms with Crippen molar-refractivity contribution in [2.75, 3.05) is 19.8 Å². The molecule has 2 aromatic rings. The molecule has 160 valence electrons. The van der Waals surface area contributed by atoms with E-state index in [0.29, 0.717) is 19.0 Å². The molecule has 0 amide bonds. The minimum atomic E-state index is -0.177. The summed E-state index contributed by atoms with van der Waals surface area (Å²) < 4.78 is 5.82. The van der Waals surface area contributed by atoms with Gasteiger partial charge < -0.3 is 21.3 Å². The molecule has 4 heteroatoms. The van der Waals surface area contributed by atoms with Crippen molar-refractivity contribution in [1.82, 2.24) is 0 Å². The van der Waals surface area contributed by atoms with Gasteiger partial charge in [-0.3, -0.25) is 0 Å². The minimum absolute atomic E-state index is 0.150. The molecule has 1 aliphatic rings. The van der Waals surface area contributed by atoms with Gasteiger partial charge in [-0.15, -0.1) is 0 Å². The van der Waals surface area contributed by atoms with Crippen LogP contribution in [-0.4, -0.2) is 30.5 Å². The second-order valence-corrected chi connectivity index (χ2v) is 8.96. The first-order valence-electron chi connectivity index (χ1n) is 10.6. The molecule has 0 aromatic heterocycles. The number of benzene rings is 2. The van der Waals surface area contributed by atoms with Crippen LogP contribution in [0.25, 0.3) is 11.1 Å². The van der Waals surface area contributed by atoms with E-state index in [2.05, 4.69) is 57.2 Å². The van der Waals surface area contributed by atoms with Crippen molar-refractivity contribution in [2.24, 2.45) is 22.8 Å². The van der Waals surface area contributed by atoms with Crippen molar-refractivity contribution in [3.63, 3.8) is 0 Å². The van der Waals surface area contributed by atoms with Crippen LogP contribution >= 0.6 is 0 Å². The van der Waals surface area contributed by atoms with E-state index >= 15 is 0 Å². The highest BCUT2D eigenvalue weighted by Gasteiger charge is 2.45. The Morgan fingerprint density at radius 1 is 1.00 bits per heavy atom. The Labute approximate surface area is 176 Å². The lowest BCUT2D eigenvalue weighted by molar-refractivity contribution is 0.0205. The van der Waals surface area contributed by atoms with Crippen molar-refractivity contribution < 1.29 is 9.84 Å². The molecular formula is C25H38N2O2. The lowest BCUT2D eigenvalue weighted by atomic mass is 9.73. The quantitative estimate of drug-likeness (QED) is 0.647. The predicted molar refractivity (Wildman–Crippen MR) is 121 cm³/mol. The van der Waals surface area contributed by atoms with E-state index in [9.17, 15) is 0 Å². The highest BCUT2D eigenvalue weighted by molar-refractivity contribution is 5.63. The van der Waals surface area contributed by atoms with Gasteiger partial charge in [0.15, 0.2) is 0 Å². The summed E-state index contributed by atoms with van der Waals surface area (Å²) in [7, 11) is 0. The molecule has 4 nitrogen and oxygen atoms in total. The molecular weight excluding hydrogens is 360 g/mol. The van der Waals surface area contributed by atoms with Gasteiger partial charge in [0.25, 0.3) is 0 Å². The van der Waals surface area contributed by atoms with Crippen molar-refractivity contribution in [1.29, 1.82) is 0 Å². The summed E-state index contributed by atoms with van der Waals surface area (Å²) in [6.45, 7) is 8.68. The fourth-order valence-corrected chi connectivity index (χ4v) is 4.31. The van der Waals surface area contributed by atoms with Gasteiger partial charge in [-0.05, 0) is 54.2 Å². The smallest absolute Gasteiger partial charge is 0.0782 e. The second kappa shape index (κ2) is 10.9. The highest BCUT2D eigenvalue weighted by atomic mass is 16.5. The molecule has 0 spiro atoms. The molecule has 1 fully saturated rings. The van der Waals surface area contributed by atoms with Gasteiger partial charge in [0.05, 0.1) is 12.2 Å². The number of hydrogen-bond acceptors (Lipinski definition) is 4. The molecule has 2 aromatic carbocycles. The third kappa shape index (κ3) is 6.93. The zero-order chi connectivity index (χ0) is 21.3. The van der Waals surface area contributed by atoms with E-state index in [-0.39, 0.29) is 17.6 Å². The van der Waals surface area contributed by atoms with Crippen LogP contribution in [0.5, 0.6) is 0 Å². The Kier molecular flexibility index (Phi) is 8.84. The van der Waals surface area contributed by atoms with Crippen LogP contribution in [-0.2, 0) is 11.3 Å². The van der Waals surface area contributed by atoms with Crippen molar-refractivity contribution in [3.05, 3.63) is 60.2 Å². The molecule has 1 saturated heterocycles. The van der Waals surface area contributed by atoms with Crippen LogP contribution in [0.2, 0.25) is 0 Å². The molecule has 5 N–H and O–H groups in total. The molecule has 0 bridgehead atoms. The summed E-state index contributed by atoms with van der Waals surface area (Å²) in [5.41, 5.74) is 14.9. The van der Waals surface area contributed by atoms with Crippen LogP contribution in [0, 0.1) is 11.3 Å². The van der Waals surface area contributed by atoms with Gasteiger partial charge in [0, 0.05) is 19.7 Å². The summed E-state index contributed by atoms with van der Waals surface area (Å²) in [5.74, 6) is 0.639. The SMILES string of the molecule is CC(C)C[C@@]1(CCO)CO[C@@](C)(CN)C1.NCc1ccc(-c2ccccc2)cc1. The van der Waals surface area contributed by atoms with E-state index in [1.54, 1.807) is 0 Å². The summed E-state index contributed by atoms with van der Waals surface area (Å²) in [6, 6.07) is 18.7. The topological polar surface area (TPSA) is 81.5 Å². The summed E-state index contributed by atoms with van der Waals surface area (Å²) in [6.07, 6.45) is 2.93. The van der Waals surface area contributed by atoms with Crippen LogP contribution in [0.3, 0.4) is 0 Å². The summed E-state index contributed by atoms with van der Waals surface area (Å²) >= 11 is 0. The van der Waals surface area contributed by atoms with E-state index < -0.39 is 0 Å². The largest absolute Gasteiger partial charge is 0.396 e. The van der Waals surface area contributed by atoms with Gasteiger partial charge in [-0.2, -0.15) is 0 Å². The lowest BCUT2D eigenvalue weighted by Crippen LogP contribution is -2.35. The second-order valence-electron chi connectivity index (χ2n) is 8.96. The molecule has 1 aliphatic heterocycles. The standard InChI is InChI=1S/C13H13N.C12H25NO2/c14-10-11-6-8-13(9-7-11)12-4-2-1-3-5-12;1-10(2)6-12(4-5-14)7-11(3,8-13)15-9-12/h1-9H,10,14H2;10,14H,4-9,13H2,1-3H3/t;11-,12-/m.1/s1. The van der Waals surface area contributed by atoms with Crippen LogP contribution in [0.4, 0.5) is 0 Å². The summed E-state index contributed by atoms with van der Waals surface area (Å²) in [5, 5.41) is 9.16. The molecule has 0 saturated carbocycles. The van der Waals surface area contributed by atoms with Gasteiger partial charge in [-0.25, -0.2) is 0 Å². The average Bonchev–Trinajstić information content (AvgIpc) is 3.06. The first kappa shape index (κ1) is 23.6. The van der Waals surface area contributed by atoms with E-state index in [1.165, 1.54) is 16.7 Å². The Balaban J connectivity index is 0.000000207. The number of rotatable bonds is 7. The van der Waals surface area contributed by atoms with Crippen molar-refractivity contribution in [3.8, 4) is 11.1 Å². The highest BCUT2D eigenvalue weighted by Crippen LogP contribution is 2.45. The Hall–Kier alpha value is -1.72. The summed E-state index contributed by atoms with van der Waals surface area (Å²) in [4.78, 5) is 0. The van der Waals surface area contributed by atoms with Gasteiger partial charge in [-0.1, -0.05) is 68.4 Å². The van der Waals surface area contributed by atoms with Crippen LogP contribution in [0.15, 0.2) is 54.6 Å². The fourth-order valence-electron chi connectivity index (χ4n) is 4.31. The molecule has 29 heavy (non-hydrogen) atoms. The molecule has 0 aliphatic carbocycles. The Morgan fingerprint density at radius 2 is 1.62 bits per heavy atom. The predicted octanol–water partition coefficient (Wildman–Crippen LogP) is 4.35. The van der Waals surface area contributed by atoms with Crippen molar-refractivity contribution >= 4 is 0 Å². The molecule has 0 radical (unpaired) electrons. The first-order valence-corrected chi connectivity index (χ1v) is 10.6.